The van der Waals surface area contributed by atoms with E-state index in [1.165, 1.54) is 4.90 Å². The van der Waals surface area contributed by atoms with Crippen LogP contribution >= 0.6 is 0 Å². The Morgan fingerprint density at radius 2 is 1.68 bits per heavy atom. The summed E-state index contributed by atoms with van der Waals surface area (Å²) in [7, 11) is -3.75. The minimum Gasteiger partial charge on any atom is -0.352 e. The molecule has 0 radical (unpaired) electrons. The summed E-state index contributed by atoms with van der Waals surface area (Å²) < 4.78 is 26.7. The summed E-state index contributed by atoms with van der Waals surface area (Å²) in [6, 6.07) is 14.4. The van der Waals surface area contributed by atoms with Crippen molar-refractivity contribution < 1.29 is 18.0 Å². The minimum absolute atomic E-state index is 0.0863. The smallest absolute Gasteiger partial charge is 0.244 e. The maximum absolute atomic E-state index is 13.7. The molecular weight excluding hydrogens is 486 g/mol. The number of sulfonamides is 1. The summed E-state index contributed by atoms with van der Waals surface area (Å²) in [5.74, 6) is -0.644. The van der Waals surface area contributed by atoms with Crippen molar-refractivity contribution in [2.45, 2.75) is 84.3 Å². The Bertz CT molecular complexity index is 1200. The van der Waals surface area contributed by atoms with Gasteiger partial charge in [-0.25, -0.2) is 8.42 Å². The highest BCUT2D eigenvalue weighted by Gasteiger charge is 2.31. The first kappa shape index (κ1) is 28.7. The Morgan fingerprint density at radius 3 is 2.22 bits per heavy atom. The van der Waals surface area contributed by atoms with E-state index in [1.54, 1.807) is 19.1 Å². The van der Waals surface area contributed by atoms with E-state index >= 15 is 0 Å². The molecular formula is C29H41N3O4S. The molecule has 3 rings (SSSR count). The molecule has 7 nitrogen and oxygen atoms in total. The normalized spacial score (nSPS) is 15.3. The van der Waals surface area contributed by atoms with Gasteiger partial charge >= 0.3 is 0 Å². The zero-order chi connectivity index (χ0) is 27.4. The average molecular weight is 528 g/mol. The Labute approximate surface area is 222 Å². The summed E-state index contributed by atoms with van der Waals surface area (Å²) in [5, 5.41) is 3.08. The monoisotopic (exact) mass is 527 g/mol. The van der Waals surface area contributed by atoms with Crippen LogP contribution in [-0.4, -0.2) is 50.0 Å². The van der Waals surface area contributed by atoms with Crippen molar-refractivity contribution in [1.82, 2.24) is 10.2 Å². The number of hydrogen-bond donors (Lipinski definition) is 1. The Kier molecular flexibility index (Phi) is 9.05. The molecule has 1 N–H and O–H groups in total. The lowest BCUT2D eigenvalue weighted by atomic mass is 9.87. The zero-order valence-corrected chi connectivity index (χ0v) is 23.8. The lowest BCUT2D eigenvalue weighted by molar-refractivity contribution is -0.139. The van der Waals surface area contributed by atoms with Gasteiger partial charge in [0.2, 0.25) is 21.8 Å². The fourth-order valence-electron chi connectivity index (χ4n) is 4.72. The quantitative estimate of drug-likeness (QED) is 0.519. The number of carbonyl (C=O) groups excluding carboxylic acids is 2. The van der Waals surface area contributed by atoms with E-state index < -0.39 is 22.0 Å². The van der Waals surface area contributed by atoms with Gasteiger partial charge in [0.25, 0.3) is 0 Å². The highest BCUT2D eigenvalue weighted by molar-refractivity contribution is 7.92. The second-order valence-corrected chi connectivity index (χ2v) is 13.1. The number of carbonyl (C=O) groups is 2. The van der Waals surface area contributed by atoms with Crippen LogP contribution in [0.5, 0.6) is 0 Å². The molecule has 2 aromatic rings. The van der Waals surface area contributed by atoms with Crippen LogP contribution in [-0.2, 0) is 31.6 Å². The molecule has 202 valence electrons. The van der Waals surface area contributed by atoms with Gasteiger partial charge in [-0.2, -0.15) is 0 Å². The van der Waals surface area contributed by atoms with E-state index in [0.717, 1.165) is 52.9 Å². The molecule has 37 heavy (non-hydrogen) atoms. The Morgan fingerprint density at radius 1 is 1.05 bits per heavy atom. The van der Waals surface area contributed by atoms with Gasteiger partial charge in [0.1, 0.15) is 12.6 Å². The predicted molar refractivity (Wildman–Crippen MR) is 149 cm³/mol. The van der Waals surface area contributed by atoms with E-state index in [0.29, 0.717) is 5.69 Å². The fourth-order valence-corrected chi connectivity index (χ4v) is 5.57. The van der Waals surface area contributed by atoms with E-state index in [9.17, 15) is 18.0 Å². The lowest BCUT2D eigenvalue weighted by Gasteiger charge is -2.32. The standard InChI is InChI=1S/C29H41N3O4S/c1-21-10-9-11-23(18-21)19-31(22(2)28(34)30-25-12-7-8-13-25)27(33)20-32(37(6,35)36)26-16-14-24(15-17-26)29(3,4)5/h9-11,14-18,22,25H,7-8,12-13,19-20H2,1-6H3,(H,30,34). The summed E-state index contributed by atoms with van der Waals surface area (Å²) in [6.07, 6.45) is 5.15. The van der Waals surface area contributed by atoms with E-state index in [2.05, 4.69) is 26.1 Å². The van der Waals surface area contributed by atoms with Crippen LogP contribution in [0.1, 0.15) is 70.1 Å². The maximum atomic E-state index is 13.7. The van der Waals surface area contributed by atoms with Gasteiger partial charge in [-0.15, -0.1) is 0 Å². The van der Waals surface area contributed by atoms with Gasteiger partial charge in [-0.1, -0.05) is 75.6 Å². The van der Waals surface area contributed by atoms with Crippen molar-refractivity contribution >= 4 is 27.5 Å². The van der Waals surface area contributed by atoms with Crippen LogP contribution in [0.2, 0.25) is 0 Å². The van der Waals surface area contributed by atoms with Crippen LogP contribution in [0, 0.1) is 6.92 Å². The first-order valence-electron chi connectivity index (χ1n) is 13.0. The number of benzene rings is 2. The van der Waals surface area contributed by atoms with Gasteiger partial charge in [0, 0.05) is 12.6 Å². The molecule has 0 aliphatic heterocycles. The lowest BCUT2D eigenvalue weighted by Crippen LogP contribution is -2.52. The molecule has 0 heterocycles. The molecule has 1 atom stereocenters. The van der Waals surface area contributed by atoms with E-state index in [1.807, 2.05) is 43.3 Å². The molecule has 1 aliphatic carbocycles. The topological polar surface area (TPSA) is 86.8 Å². The van der Waals surface area contributed by atoms with Gasteiger partial charge in [0.05, 0.1) is 11.9 Å². The zero-order valence-electron chi connectivity index (χ0n) is 23.0. The first-order chi connectivity index (χ1) is 17.3. The van der Waals surface area contributed by atoms with Crippen molar-refractivity contribution in [2.75, 3.05) is 17.1 Å². The second-order valence-electron chi connectivity index (χ2n) is 11.2. The number of anilines is 1. The fraction of sp³-hybridized carbons (Fsp3) is 0.517. The van der Waals surface area contributed by atoms with E-state index in [4.69, 9.17) is 0 Å². The van der Waals surface area contributed by atoms with Crippen molar-refractivity contribution in [3.05, 3.63) is 65.2 Å². The van der Waals surface area contributed by atoms with Gasteiger partial charge in [0.15, 0.2) is 0 Å². The van der Waals surface area contributed by atoms with Crippen LogP contribution in [0.25, 0.3) is 0 Å². The second kappa shape index (κ2) is 11.7. The number of nitrogens with zero attached hydrogens (tertiary/aromatic N) is 2. The molecule has 2 aromatic carbocycles. The van der Waals surface area contributed by atoms with Crippen molar-refractivity contribution in [2.24, 2.45) is 0 Å². The minimum atomic E-state index is -3.75. The maximum Gasteiger partial charge on any atom is 0.244 e. The molecule has 0 bridgehead atoms. The molecule has 1 saturated carbocycles. The average Bonchev–Trinajstić information content (AvgIpc) is 3.32. The highest BCUT2D eigenvalue weighted by Crippen LogP contribution is 2.26. The number of nitrogens with one attached hydrogen (secondary N) is 1. The SMILES string of the molecule is Cc1cccc(CN(C(=O)CN(c2ccc(C(C)(C)C)cc2)S(C)(=O)=O)C(C)C(=O)NC2CCCC2)c1. The molecule has 8 heteroatoms. The molecule has 1 aliphatic rings. The van der Waals surface area contributed by atoms with Crippen LogP contribution < -0.4 is 9.62 Å². The predicted octanol–water partition coefficient (Wildman–Crippen LogP) is 4.53. The third-order valence-corrected chi connectivity index (χ3v) is 8.15. The molecule has 1 fully saturated rings. The number of aryl methyl sites for hydroxylation is 1. The van der Waals surface area contributed by atoms with Crippen LogP contribution in [0.3, 0.4) is 0 Å². The molecule has 0 spiro atoms. The third kappa shape index (κ3) is 7.81. The van der Waals surface area contributed by atoms with Crippen molar-refractivity contribution in [1.29, 1.82) is 0 Å². The van der Waals surface area contributed by atoms with Crippen molar-refractivity contribution in [3.8, 4) is 0 Å². The van der Waals surface area contributed by atoms with E-state index in [-0.39, 0.29) is 30.5 Å². The number of hydrogen-bond acceptors (Lipinski definition) is 4. The number of rotatable bonds is 9. The summed E-state index contributed by atoms with van der Waals surface area (Å²) in [6.45, 7) is 9.75. The summed E-state index contributed by atoms with van der Waals surface area (Å²) >= 11 is 0. The third-order valence-electron chi connectivity index (χ3n) is 7.00. The first-order valence-corrected chi connectivity index (χ1v) is 14.8. The highest BCUT2D eigenvalue weighted by atomic mass is 32.2. The van der Waals surface area contributed by atoms with Crippen LogP contribution in [0.15, 0.2) is 48.5 Å². The molecule has 0 saturated heterocycles. The summed E-state index contributed by atoms with van der Waals surface area (Å²) in [4.78, 5) is 28.3. The molecule has 0 aromatic heterocycles. The largest absolute Gasteiger partial charge is 0.352 e. The van der Waals surface area contributed by atoms with Gasteiger partial charge < -0.3 is 10.2 Å². The summed E-state index contributed by atoms with van der Waals surface area (Å²) in [5.41, 5.74) is 3.33. The molecule has 2 amide bonds. The Balaban J connectivity index is 1.88. The van der Waals surface area contributed by atoms with Gasteiger partial charge in [-0.3, -0.25) is 13.9 Å². The van der Waals surface area contributed by atoms with Gasteiger partial charge in [-0.05, 0) is 55.4 Å². The van der Waals surface area contributed by atoms with Crippen molar-refractivity contribution in [3.63, 3.8) is 0 Å². The molecule has 1 unspecified atom stereocenters. The number of amides is 2. The Hall–Kier alpha value is -2.87. The van der Waals surface area contributed by atoms with Crippen LogP contribution in [0.4, 0.5) is 5.69 Å².